The zero-order valence-corrected chi connectivity index (χ0v) is 22.9. The third kappa shape index (κ3) is 5.92. The van der Waals surface area contributed by atoms with E-state index in [1.807, 2.05) is 67.6 Å². The maximum atomic E-state index is 14.2. The van der Waals surface area contributed by atoms with Crippen molar-refractivity contribution in [2.75, 3.05) is 5.32 Å². The van der Waals surface area contributed by atoms with Crippen molar-refractivity contribution in [1.82, 2.24) is 4.31 Å². The number of para-hydroxylation sites is 1. The van der Waals surface area contributed by atoms with Crippen molar-refractivity contribution in [3.8, 4) is 0 Å². The van der Waals surface area contributed by atoms with Gasteiger partial charge in [-0.3, -0.25) is 4.79 Å². The first kappa shape index (κ1) is 27.1. The highest BCUT2D eigenvalue weighted by Gasteiger charge is 2.44. The van der Waals surface area contributed by atoms with E-state index >= 15 is 0 Å². The number of carbonyl (C=O) groups is 2. The topological polar surface area (TPSA) is 92.8 Å². The van der Waals surface area contributed by atoms with Gasteiger partial charge in [0.25, 0.3) is 15.9 Å². The predicted octanol–water partition coefficient (Wildman–Crippen LogP) is 4.90. The van der Waals surface area contributed by atoms with Crippen LogP contribution in [0, 0.1) is 6.92 Å². The van der Waals surface area contributed by atoms with Crippen LogP contribution in [0.3, 0.4) is 0 Å². The Hall–Kier alpha value is -4.43. The monoisotopic (exact) mass is 554 g/mol. The molecule has 0 unspecified atom stereocenters. The number of hydrogen-bond donors (Lipinski definition) is 1. The van der Waals surface area contributed by atoms with E-state index in [1.54, 1.807) is 36.4 Å². The number of amides is 1. The number of rotatable bonds is 9. The first-order valence-electron chi connectivity index (χ1n) is 13.1. The molecular weight excluding hydrogens is 524 g/mol. The molecule has 40 heavy (non-hydrogen) atoms. The summed E-state index contributed by atoms with van der Waals surface area (Å²) in [6, 6.07) is 29.6. The lowest BCUT2D eigenvalue weighted by Gasteiger charge is -2.32. The Balaban J connectivity index is 1.55. The highest BCUT2D eigenvalue weighted by molar-refractivity contribution is 7.89. The minimum atomic E-state index is -4.45. The van der Waals surface area contributed by atoms with Crippen LogP contribution >= 0.6 is 0 Å². The van der Waals surface area contributed by atoms with Crippen molar-refractivity contribution < 1.29 is 22.7 Å². The third-order valence-corrected chi connectivity index (χ3v) is 8.74. The summed E-state index contributed by atoms with van der Waals surface area (Å²) < 4.78 is 34.8. The van der Waals surface area contributed by atoms with Crippen molar-refractivity contribution in [2.24, 2.45) is 0 Å². The maximum absolute atomic E-state index is 14.2. The zero-order chi connectivity index (χ0) is 28.1. The van der Waals surface area contributed by atoms with Gasteiger partial charge in [0.15, 0.2) is 0 Å². The molecule has 1 heterocycles. The fourth-order valence-electron chi connectivity index (χ4n) is 4.79. The quantitative estimate of drug-likeness (QED) is 0.296. The standard InChI is InChI=1S/C32H30N2O5S/c1-23-16-18-27(19-17-23)40(37,38)34(31(35)29-21-26-14-8-9-15-28(26)33-29)30(20-24-10-4-2-5-11-24)32(36)39-22-25-12-6-3-7-13-25/h2-19,29-30,33H,20-22H2,1H3/t29-,30-/m0/s1. The normalized spacial score (nSPS) is 15.0. The summed E-state index contributed by atoms with van der Waals surface area (Å²) >= 11 is 0. The van der Waals surface area contributed by atoms with E-state index < -0.39 is 34.0 Å². The lowest BCUT2D eigenvalue weighted by Crippen LogP contribution is -2.54. The largest absolute Gasteiger partial charge is 0.459 e. The van der Waals surface area contributed by atoms with E-state index in [1.165, 1.54) is 12.1 Å². The Morgan fingerprint density at radius 2 is 1.45 bits per heavy atom. The van der Waals surface area contributed by atoms with Crippen LogP contribution in [0.25, 0.3) is 0 Å². The smallest absolute Gasteiger partial charge is 0.330 e. The predicted molar refractivity (Wildman–Crippen MR) is 153 cm³/mol. The SMILES string of the molecule is Cc1ccc(S(=O)(=O)N(C(=O)[C@@H]2Cc3ccccc3N2)[C@@H](Cc2ccccc2)C(=O)OCc2ccccc2)cc1. The first-order valence-corrected chi connectivity index (χ1v) is 14.5. The summed E-state index contributed by atoms with van der Waals surface area (Å²) in [7, 11) is -4.45. The van der Waals surface area contributed by atoms with Gasteiger partial charge in [0, 0.05) is 18.5 Å². The molecule has 0 bridgehead atoms. The summed E-state index contributed by atoms with van der Waals surface area (Å²) in [5, 5.41) is 3.16. The Bertz CT molecular complexity index is 1560. The van der Waals surface area contributed by atoms with Gasteiger partial charge in [-0.2, -0.15) is 0 Å². The number of fused-ring (bicyclic) bond motifs is 1. The molecule has 0 fully saturated rings. The molecule has 0 aliphatic carbocycles. The second-order valence-corrected chi connectivity index (χ2v) is 11.6. The number of benzene rings is 4. The fourth-order valence-corrected chi connectivity index (χ4v) is 6.35. The second-order valence-electron chi connectivity index (χ2n) is 9.81. The van der Waals surface area contributed by atoms with Gasteiger partial charge in [-0.05, 0) is 41.8 Å². The molecule has 1 aliphatic rings. The van der Waals surface area contributed by atoms with Gasteiger partial charge < -0.3 is 10.1 Å². The summed E-state index contributed by atoms with van der Waals surface area (Å²) in [5.41, 5.74) is 3.98. The van der Waals surface area contributed by atoms with Crippen molar-refractivity contribution in [3.05, 3.63) is 131 Å². The van der Waals surface area contributed by atoms with Gasteiger partial charge in [-0.25, -0.2) is 17.5 Å². The van der Waals surface area contributed by atoms with Crippen LogP contribution in [0.2, 0.25) is 0 Å². The van der Waals surface area contributed by atoms with E-state index in [0.29, 0.717) is 12.0 Å². The van der Waals surface area contributed by atoms with Crippen LogP contribution in [0.1, 0.15) is 22.3 Å². The van der Waals surface area contributed by atoms with Crippen molar-refractivity contribution >= 4 is 27.6 Å². The summed E-state index contributed by atoms with van der Waals surface area (Å²) in [5.74, 6) is -1.51. The van der Waals surface area contributed by atoms with Gasteiger partial charge in [0.2, 0.25) is 0 Å². The van der Waals surface area contributed by atoms with Gasteiger partial charge in [-0.1, -0.05) is 96.6 Å². The maximum Gasteiger partial charge on any atom is 0.330 e. The minimum Gasteiger partial charge on any atom is -0.459 e. The molecule has 1 N–H and O–H groups in total. The van der Waals surface area contributed by atoms with Crippen molar-refractivity contribution in [3.63, 3.8) is 0 Å². The van der Waals surface area contributed by atoms with E-state index in [2.05, 4.69) is 5.32 Å². The fraction of sp³-hybridized carbons (Fsp3) is 0.188. The number of aryl methyl sites for hydroxylation is 1. The van der Waals surface area contributed by atoms with Crippen LogP contribution in [0.4, 0.5) is 5.69 Å². The average Bonchev–Trinajstić information content (AvgIpc) is 3.41. The molecule has 1 amide bonds. The van der Waals surface area contributed by atoms with Crippen LogP contribution in [-0.2, 0) is 43.8 Å². The summed E-state index contributed by atoms with van der Waals surface area (Å²) in [6.45, 7) is 1.79. The molecule has 0 spiro atoms. The molecule has 4 aromatic carbocycles. The molecule has 8 heteroatoms. The molecule has 0 radical (unpaired) electrons. The number of ether oxygens (including phenoxy) is 1. The van der Waals surface area contributed by atoms with E-state index in [4.69, 9.17) is 4.74 Å². The lowest BCUT2D eigenvalue weighted by molar-refractivity contribution is -0.153. The molecule has 7 nitrogen and oxygen atoms in total. The Morgan fingerprint density at radius 1 is 0.850 bits per heavy atom. The van der Waals surface area contributed by atoms with Crippen molar-refractivity contribution in [2.45, 2.75) is 43.4 Å². The summed E-state index contributed by atoms with van der Waals surface area (Å²) in [4.78, 5) is 27.8. The Labute approximate surface area is 234 Å². The lowest BCUT2D eigenvalue weighted by atomic mass is 10.0. The molecule has 2 atom stereocenters. The molecule has 4 aromatic rings. The number of anilines is 1. The average molecular weight is 555 g/mol. The number of nitrogens with one attached hydrogen (secondary N) is 1. The van der Waals surface area contributed by atoms with Crippen LogP contribution in [0.15, 0.2) is 114 Å². The Morgan fingerprint density at radius 3 is 2.10 bits per heavy atom. The van der Waals surface area contributed by atoms with E-state index in [-0.39, 0.29) is 17.9 Å². The van der Waals surface area contributed by atoms with Crippen LogP contribution in [-0.4, -0.2) is 36.7 Å². The molecule has 5 rings (SSSR count). The van der Waals surface area contributed by atoms with Crippen molar-refractivity contribution in [1.29, 1.82) is 0 Å². The van der Waals surface area contributed by atoms with Gasteiger partial charge in [0.1, 0.15) is 18.7 Å². The molecule has 204 valence electrons. The molecule has 0 aromatic heterocycles. The number of carbonyl (C=O) groups excluding carboxylic acids is 2. The Kier molecular flexibility index (Phi) is 7.98. The minimum absolute atomic E-state index is 0.0367. The van der Waals surface area contributed by atoms with E-state index in [0.717, 1.165) is 26.7 Å². The van der Waals surface area contributed by atoms with Gasteiger partial charge >= 0.3 is 5.97 Å². The number of nitrogens with zero attached hydrogens (tertiary/aromatic N) is 1. The third-order valence-electron chi connectivity index (χ3n) is 6.92. The second kappa shape index (κ2) is 11.8. The molecular formula is C32H30N2O5S. The number of hydrogen-bond acceptors (Lipinski definition) is 6. The number of sulfonamides is 1. The molecule has 1 aliphatic heterocycles. The number of esters is 1. The molecule has 0 saturated carbocycles. The zero-order valence-electron chi connectivity index (χ0n) is 22.1. The van der Waals surface area contributed by atoms with Gasteiger partial charge in [0.05, 0.1) is 4.90 Å². The van der Waals surface area contributed by atoms with Gasteiger partial charge in [-0.15, -0.1) is 0 Å². The summed E-state index contributed by atoms with van der Waals surface area (Å²) in [6.07, 6.45) is 0.261. The highest BCUT2D eigenvalue weighted by atomic mass is 32.2. The van der Waals surface area contributed by atoms with E-state index in [9.17, 15) is 18.0 Å². The van der Waals surface area contributed by atoms with Crippen LogP contribution in [0.5, 0.6) is 0 Å². The van der Waals surface area contributed by atoms with Crippen LogP contribution < -0.4 is 5.32 Å². The highest BCUT2D eigenvalue weighted by Crippen LogP contribution is 2.30. The molecule has 0 saturated heterocycles. The first-order chi connectivity index (χ1) is 19.3.